The van der Waals surface area contributed by atoms with Gasteiger partial charge in [-0.15, -0.1) is 0 Å². The molecule has 2 aliphatic carbocycles. The lowest BCUT2D eigenvalue weighted by atomic mass is 10.4. The Morgan fingerprint density at radius 3 is 2.65 bits per heavy atom. The van der Waals surface area contributed by atoms with Gasteiger partial charge in [0.2, 0.25) is 0 Å². The molecule has 0 aromatic carbocycles. The standard InChI is InChI=1S/C11H13ClN2O2S/c12-9-8(10(15)16)17-11(13-9)14(7-3-4-7)5-6-1-2-6/h6-7H,1-5H2,(H,15,16). The van der Waals surface area contributed by atoms with Crippen molar-refractivity contribution < 1.29 is 9.90 Å². The first-order valence-corrected chi connectivity index (χ1v) is 7.01. The Kier molecular flexibility index (Phi) is 2.75. The number of aromatic carboxylic acids is 1. The van der Waals surface area contributed by atoms with Crippen molar-refractivity contribution in [1.82, 2.24) is 4.98 Å². The number of carbonyl (C=O) groups is 1. The summed E-state index contributed by atoms with van der Waals surface area (Å²) < 4.78 is 0. The second-order valence-corrected chi connectivity index (χ2v) is 6.08. The summed E-state index contributed by atoms with van der Waals surface area (Å²) in [6, 6.07) is 0.555. The van der Waals surface area contributed by atoms with E-state index in [2.05, 4.69) is 9.88 Å². The fourth-order valence-corrected chi connectivity index (χ4v) is 3.10. The molecule has 0 unspecified atom stereocenters. The van der Waals surface area contributed by atoms with Gasteiger partial charge in [-0.25, -0.2) is 9.78 Å². The normalized spacial score (nSPS) is 19.4. The molecular weight excluding hydrogens is 260 g/mol. The van der Waals surface area contributed by atoms with E-state index in [9.17, 15) is 4.79 Å². The monoisotopic (exact) mass is 272 g/mol. The van der Waals surface area contributed by atoms with E-state index in [1.165, 1.54) is 37.0 Å². The van der Waals surface area contributed by atoms with E-state index in [1.54, 1.807) is 0 Å². The van der Waals surface area contributed by atoms with Gasteiger partial charge in [-0.2, -0.15) is 0 Å². The zero-order valence-electron chi connectivity index (χ0n) is 9.23. The van der Waals surface area contributed by atoms with E-state index < -0.39 is 5.97 Å². The van der Waals surface area contributed by atoms with Crippen LogP contribution in [0.25, 0.3) is 0 Å². The van der Waals surface area contributed by atoms with Crippen molar-refractivity contribution in [2.24, 2.45) is 5.92 Å². The Bertz CT molecular complexity index is 454. The number of anilines is 1. The topological polar surface area (TPSA) is 53.4 Å². The molecule has 92 valence electrons. The summed E-state index contributed by atoms with van der Waals surface area (Å²) in [4.78, 5) is 17.6. The summed E-state index contributed by atoms with van der Waals surface area (Å²) in [5.41, 5.74) is 0. The quantitative estimate of drug-likeness (QED) is 0.895. The van der Waals surface area contributed by atoms with Gasteiger partial charge in [-0.05, 0) is 31.6 Å². The van der Waals surface area contributed by atoms with Crippen molar-refractivity contribution in [2.45, 2.75) is 31.7 Å². The van der Waals surface area contributed by atoms with Crippen LogP contribution < -0.4 is 4.90 Å². The SMILES string of the molecule is O=C(O)c1sc(N(CC2CC2)C2CC2)nc1Cl. The molecule has 0 atom stereocenters. The summed E-state index contributed by atoms with van der Waals surface area (Å²) in [6.45, 7) is 1.01. The highest BCUT2D eigenvalue weighted by Crippen LogP contribution is 2.40. The lowest BCUT2D eigenvalue weighted by Crippen LogP contribution is -2.27. The minimum atomic E-state index is -0.985. The number of nitrogens with zero attached hydrogens (tertiary/aromatic N) is 2. The number of carboxylic acids is 1. The first kappa shape index (κ1) is 11.3. The summed E-state index contributed by atoms with van der Waals surface area (Å²) >= 11 is 7.05. The Morgan fingerprint density at radius 1 is 1.47 bits per heavy atom. The first-order chi connectivity index (χ1) is 8.15. The Morgan fingerprint density at radius 2 is 2.18 bits per heavy atom. The highest BCUT2D eigenvalue weighted by atomic mass is 35.5. The van der Waals surface area contributed by atoms with E-state index in [0.717, 1.165) is 17.6 Å². The van der Waals surface area contributed by atoms with Gasteiger partial charge in [-0.1, -0.05) is 22.9 Å². The minimum absolute atomic E-state index is 0.124. The fraction of sp³-hybridized carbons (Fsp3) is 0.636. The van der Waals surface area contributed by atoms with E-state index in [0.29, 0.717) is 6.04 Å². The summed E-state index contributed by atoms with van der Waals surface area (Å²) in [6.07, 6.45) is 4.95. The largest absolute Gasteiger partial charge is 0.477 e. The van der Waals surface area contributed by atoms with Crippen LogP contribution in [0.3, 0.4) is 0 Å². The lowest BCUT2D eigenvalue weighted by molar-refractivity contribution is 0.0702. The molecule has 0 bridgehead atoms. The third kappa shape index (κ3) is 2.40. The fourth-order valence-electron chi connectivity index (χ4n) is 1.89. The highest BCUT2D eigenvalue weighted by molar-refractivity contribution is 7.18. The third-order valence-corrected chi connectivity index (χ3v) is 4.62. The van der Waals surface area contributed by atoms with Crippen molar-refractivity contribution in [3.05, 3.63) is 10.0 Å². The first-order valence-electron chi connectivity index (χ1n) is 5.81. The maximum absolute atomic E-state index is 10.9. The van der Waals surface area contributed by atoms with Crippen LogP contribution in [0, 0.1) is 5.92 Å². The van der Waals surface area contributed by atoms with Gasteiger partial charge in [0.25, 0.3) is 0 Å². The van der Waals surface area contributed by atoms with Gasteiger partial charge in [0, 0.05) is 12.6 Å². The second-order valence-electron chi connectivity index (χ2n) is 4.75. The molecule has 1 N–H and O–H groups in total. The summed E-state index contributed by atoms with van der Waals surface area (Å²) in [5.74, 6) is -0.215. The maximum atomic E-state index is 10.9. The molecule has 0 amide bonds. The predicted molar refractivity (Wildman–Crippen MR) is 67.2 cm³/mol. The maximum Gasteiger partial charge on any atom is 0.349 e. The molecule has 1 heterocycles. The van der Waals surface area contributed by atoms with Gasteiger partial charge >= 0.3 is 5.97 Å². The van der Waals surface area contributed by atoms with Gasteiger partial charge in [0.15, 0.2) is 15.2 Å². The van der Waals surface area contributed by atoms with E-state index >= 15 is 0 Å². The summed E-state index contributed by atoms with van der Waals surface area (Å²) in [5, 5.41) is 9.88. The Balaban J connectivity index is 1.83. The average molecular weight is 273 g/mol. The number of aromatic nitrogens is 1. The molecule has 0 aliphatic heterocycles. The van der Waals surface area contributed by atoms with Crippen LogP contribution in [0.15, 0.2) is 0 Å². The van der Waals surface area contributed by atoms with Crippen LogP contribution in [-0.4, -0.2) is 28.6 Å². The number of hydrogen-bond acceptors (Lipinski definition) is 4. The van der Waals surface area contributed by atoms with E-state index in [4.69, 9.17) is 16.7 Å². The molecule has 0 radical (unpaired) electrons. The zero-order chi connectivity index (χ0) is 12.0. The van der Waals surface area contributed by atoms with Crippen molar-refractivity contribution >= 4 is 34.0 Å². The number of hydrogen-bond donors (Lipinski definition) is 1. The van der Waals surface area contributed by atoms with E-state index in [-0.39, 0.29) is 10.0 Å². The van der Waals surface area contributed by atoms with E-state index in [1.807, 2.05) is 0 Å². The van der Waals surface area contributed by atoms with Crippen molar-refractivity contribution in [3.8, 4) is 0 Å². The van der Waals surface area contributed by atoms with Gasteiger partial charge in [-0.3, -0.25) is 0 Å². The van der Waals surface area contributed by atoms with Crippen molar-refractivity contribution in [1.29, 1.82) is 0 Å². The average Bonchev–Trinajstić information content (AvgIpc) is 3.14. The van der Waals surface area contributed by atoms with Crippen LogP contribution >= 0.6 is 22.9 Å². The number of thiazole rings is 1. The number of rotatable bonds is 5. The smallest absolute Gasteiger partial charge is 0.349 e. The molecule has 6 heteroatoms. The summed E-state index contributed by atoms with van der Waals surface area (Å²) in [7, 11) is 0. The molecule has 17 heavy (non-hydrogen) atoms. The molecule has 4 nitrogen and oxygen atoms in total. The molecule has 1 aromatic heterocycles. The highest BCUT2D eigenvalue weighted by Gasteiger charge is 2.36. The van der Waals surface area contributed by atoms with Crippen molar-refractivity contribution in [2.75, 3.05) is 11.4 Å². The molecule has 2 fully saturated rings. The zero-order valence-corrected chi connectivity index (χ0v) is 10.8. The van der Waals surface area contributed by atoms with Gasteiger partial charge in [0.1, 0.15) is 0 Å². The third-order valence-electron chi connectivity index (χ3n) is 3.15. The lowest BCUT2D eigenvalue weighted by Gasteiger charge is -2.20. The molecule has 3 rings (SSSR count). The van der Waals surface area contributed by atoms with Crippen LogP contribution in [0.4, 0.5) is 5.13 Å². The number of halogens is 1. The van der Waals surface area contributed by atoms with Crippen LogP contribution in [0.1, 0.15) is 35.4 Å². The molecule has 2 aliphatic rings. The molecule has 2 saturated carbocycles. The Labute approximate surface area is 108 Å². The van der Waals surface area contributed by atoms with Crippen molar-refractivity contribution in [3.63, 3.8) is 0 Å². The minimum Gasteiger partial charge on any atom is -0.477 e. The molecule has 0 saturated heterocycles. The Hall–Kier alpha value is -0.810. The molecular formula is C11H13ClN2O2S. The van der Waals surface area contributed by atoms with Gasteiger partial charge in [0.05, 0.1) is 0 Å². The molecule has 0 spiro atoms. The van der Waals surface area contributed by atoms with Gasteiger partial charge < -0.3 is 10.0 Å². The number of carboxylic acid groups (broad SMARTS) is 1. The van der Waals surface area contributed by atoms with Crippen LogP contribution in [0.2, 0.25) is 5.15 Å². The van der Waals surface area contributed by atoms with Crippen LogP contribution in [-0.2, 0) is 0 Å². The van der Waals surface area contributed by atoms with Crippen LogP contribution in [0.5, 0.6) is 0 Å². The molecule has 1 aromatic rings. The predicted octanol–water partition coefficient (Wildman–Crippen LogP) is 2.87. The second kappa shape index (κ2) is 4.14.